The summed E-state index contributed by atoms with van der Waals surface area (Å²) in [5.74, 6) is -0.219. The van der Waals surface area contributed by atoms with E-state index in [0.29, 0.717) is 13.0 Å². The van der Waals surface area contributed by atoms with Gasteiger partial charge in [-0.3, -0.25) is 4.79 Å². The third-order valence-corrected chi connectivity index (χ3v) is 2.68. The van der Waals surface area contributed by atoms with Gasteiger partial charge in [0.2, 0.25) is 5.91 Å². The molecule has 1 aromatic rings. The Hall–Kier alpha value is -1.35. The fourth-order valence-corrected chi connectivity index (χ4v) is 1.41. The van der Waals surface area contributed by atoms with E-state index in [1.807, 2.05) is 44.2 Å². The van der Waals surface area contributed by atoms with E-state index < -0.39 is 6.10 Å². The van der Waals surface area contributed by atoms with Crippen LogP contribution in [0.4, 0.5) is 0 Å². The van der Waals surface area contributed by atoms with Crippen LogP contribution in [-0.4, -0.2) is 23.7 Å². The third kappa shape index (κ3) is 3.66. The lowest BCUT2D eigenvalue weighted by Crippen LogP contribution is -2.34. The highest BCUT2D eigenvalue weighted by Crippen LogP contribution is 2.14. The Morgan fingerprint density at radius 3 is 2.56 bits per heavy atom. The first-order valence-corrected chi connectivity index (χ1v) is 5.65. The summed E-state index contributed by atoms with van der Waals surface area (Å²) in [4.78, 5) is 11.7. The minimum atomic E-state index is -0.452. The van der Waals surface area contributed by atoms with Crippen LogP contribution in [-0.2, 0) is 4.79 Å². The second kappa shape index (κ2) is 6.28. The number of rotatable bonds is 5. The molecule has 16 heavy (non-hydrogen) atoms. The summed E-state index contributed by atoms with van der Waals surface area (Å²) in [5, 5.41) is 12.1. The van der Waals surface area contributed by atoms with Crippen LogP contribution in [0.1, 0.15) is 31.7 Å². The van der Waals surface area contributed by atoms with Crippen LogP contribution in [0.15, 0.2) is 30.3 Å². The molecule has 3 nitrogen and oxygen atoms in total. The van der Waals surface area contributed by atoms with Crippen molar-refractivity contribution in [3.63, 3.8) is 0 Å². The van der Waals surface area contributed by atoms with Crippen molar-refractivity contribution in [3.8, 4) is 0 Å². The van der Waals surface area contributed by atoms with Gasteiger partial charge in [0, 0.05) is 6.54 Å². The molecule has 0 spiro atoms. The van der Waals surface area contributed by atoms with E-state index in [2.05, 4.69) is 5.32 Å². The lowest BCUT2D eigenvalue weighted by molar-refractivity contribution is -0.122. The highest BCUT2D eigenvalue weighted by atomic mass is 16.3. The van der Waals surface area contributed by atoms with E-state index in [4.69, 9.17) is 0 Å². The van der Waals surface area contributed by atoms with Crippen molar-refractivity contribution in [1.82, 2.24) is 5.32 Å². The van der Waals surface area contributed by atoms with Gasteiger partial charge in [-0.1, -0.05) is 37.3 Å². The van der Waals surface area contributed by atoms with Crippen molar-refractivity contribution >= 4 is 5.91 Å². The predicted molar refractivity (Wildman–Crippen MR) is 64.2 cm³/mol. The first kappa shape index (κ1) is 12.7. The molecule has 0 aliphatic heterocycles. The number of aliphatic hydroxyl groups is 1. The van der Waals surface area contributed by atoms with Gasteiger partial charge in [-0.05, 0) is 18.9 Å². The number of carbonyl (C=O) groups is 1. The number of carbonyl (C=O) groups excluding carboxylic acids is 1. The second-order valence-corrected chi connectivity index (χ2v) is 3.94. The normalized spacial score (nSPS) is 14.2. The molecule has 2 unspecified atom stereocenters. The van der Waals surface area contributed by atoms with Crippen molar-refractivity contribution in [3.05, 3.63) is 35.9 Å². The van der Waals surface area contributed by atoms with Crippen molar-refractivity contribution in [2.45, 2.75) is 32.3 Å². The maximum absolute atomic E-state index is 11.7. The molecule has 0 saturated carbocycles. The highest BCUT2D eigenvalue weighted by molar-refractivity contribution is 5.83. The fourth-order valence-electron chi connectivity index (χ4n) is 1.41. The van der Waals surface area contributed by atoms with Crippen molar-refractivity contribution in [2.75, 3.05) is 6.54 Å². The van der Waals surface area contributed by atoms with E-state index >= 15 is 0 Å². The molecule has 1 rings (SSSR count). The maximum Gasteiger partial charge on any atom is 0.227 e. The summed E-state index contributed by atoms with van der Waals surface area (Å²) in [7, 11) is 0. The van der Waals surface area contributed by atoms with Crippen molar-refractivity contribution < 1.29 is 9.90 Å². The van der Waals surface area contributed by atoms with Crippen LogP contribution in [0.5, 0.6) is 0 Å². The summed E-state index contributed by atoms with van der Waals surface area (Å²) >= 11 is 0. The van der Waals surface area contributed by atoms with Crippen LogP contribution >= 0.6 is 0 Å². The number of aliphatic hydroxyl groups excluding tert-OH is 1. The van der Waals surface area contributed by atoms with E-state index in [1.165, 1.54) is 0 Å². The molecule has 0 aromatic heterocycles. The van der Waals surface area contributed by atoms with Gasteiger partial charge >= 0.3 is 0 Å². The molecule has 0 bridgehead atoms. The van der Waals surface area contributed by atoms with Crippen molar-refractivity contribution in [1.29, 1.82) is 0 Å². The maximum atomic E-state index is 11.7. The van der Waals surface area contributed by atoms with E-state index in [1.54, 1.807) is 0 Å². The third-order valence-electron chi connectivity index (χ3n) is 2.68. The summed E-state index contributed by atoms with van der Waals surface area (Å²) in [6, 6.07) is 9.62. The summed E-state index contributed by atoms with van der Waals surface area (Å²) in [6.07, 6.45) is 0.201. The van der Waals surface area contributed by atoms with Gasteiger partial charge in [-0.2, -0.15) is 0 Å². The monoisotopic (exact) mass is 221 g/mol. The van der Waals surface area contributed by atoms with Gasteiger partial charge in [0.05, 0.1) is 12.0 Å². The van der Waals surface area contributed by atoms with Crippen LogP contribution in [0.25, 0.3) is 0 Å². The molecule has 88 valence electrons. The fraction of sp³-hybridized carbons (Fsp3) is 0.462. The van der Waals surface area contributed by atoms with Gasteiger partial charge in [-0.15, -0.1) is 0 Å². The molecule has 0 fully saturated rings. The molecular formula is C13H19NO2. The Kier molecular flexibility index (Phi) is 4.99. The van der Waals surface area contributed by atoms with Gasteiger partial charge < -0.3 is 10.4 Å². The standard InChI is InChI=1S/C13H19NO2/c1-3-12(15)9-14-13(16)10(2)11-7-5-4-6-8-11/h4-8,10,12,15H,3,9H2,1-2H3,(H,14,16). The van der Waals surface area contributed by atoms with E-state index in [9.17, 15) is 9.90 Å². The van der Waals surface area contributed by atoms with Crippen molar-refractivity contribution in [2.24, 2.45) is 0 Å². The average Bonchev–Trinajstić information content (AvgIpc) is 2.35. The van der Waals surface area contributed by atoms with Gasteiger partial charge in [0.15, 0.2) is 0 Å². The molecule has 2 atom stereocenters. The Labute approximate surface area is 96.5 Å². The molecule has 0 aliphatic rings. The summed E-state index contributed by atoms with van der Waals surface area (Å²) in [6.45, 7) is 4.08. The molecule has 1 aromatic carbocycles. The summed E-state index contributed by atoms with van der Waals surface area (Å²) in [5.41, 5.74) is 0.992. The molecule has 3 heteroatoms. The molecule has 0 radical (unpaired) electrons. The van der Waals surface area contributed by atoms with Crippen LogP contribution in [0.3, 0.4) is 0 Å². The van der Waals surface area contributed by atoms with E-state index in [-0.39, 0.29) is 11.8 Å². The number of benzene rings is 1. The Morgan fingerprint density at radius 2 is 2.00 bits per heavy atom. The Bertz CT molecular complexity index is 324. The number of amides is 1. The quantitative estimate of drug-likeness (QED) is 0.794. The first-order chi connectivity index (χ1) is 7.65. The SMILES string of the molecule is CCC(O)CNC(=O)C(C)c1ccccc1. The number of nitrogens with one attached hydrogen (secondary N) is 1. The molecule has 0 aliphatic carbocycles. The number of hydrogen-bond donors (Lipinski definition) is 2. The largest absolute Gasteiger partial charge is 0.391 e. The van der Waals surface area contributed by atoms with Gasteiger partial charge in [0.25, 0.3) is 0 Å². The lowest BCUT2D eigenvalue weighted by Gasteiger charge is -2.14. The minimum Gasteiger partial charge on any atom is -0.391 e. The lowest BCUT2D eigenvalue weighted by atomic mass is 10.0. The first-order valence-electron chi connectivity index (χ1n) is 5.65. The smallest absolute Gasteiger partial charge is 0.227 e. The molecular weight excluding hydrogens is 202 g/mol. The van der Waals surface area contributed by atoms with E-state index in [0.717, 1.165) is 5.56 Å². The minimum absolute atomic E-state index is 0.0429. The Morgan fingerprint density at radius 1 is 1.38 bits per heavy atom. The molecule has 0 saturated heterocycles. The van der Waals surface area contributed by atoms with Gasteiger partial charge in [-0.25, -0.2) is 0 Å². The molecule has 1 amide bonds. The topological polar surface area (TPSA) is 49.3 Å². The second-order valence-electron chi connectivity index (χ2n) is 3.94. The summed E-state index contributed by atoms with van der Waals surface area (Å²) < 4.78 is 0. The Balaban J connectivity index is 2.49. The van der Waals surface area contributed by atoms with Gasteiger partial charge in [0.1, 0.15) is 0 Å². The van der Waals surface area contributed by atoms with Crippen LogP contribution in [0.2, 0.25) is 0 Å². The molecule has 2 N–H and O–H groups in total. The van der Waals surface area contributed by atoms with Crippen LogP contribution in [0, 0.1) is 0 Å². The highest BCUT2D eigenvalue weighted by Gasteiger charge is 2.14. The zero-order chi connectivity index (χ0) is 12.0. The zero-order valence-corrected chi connectivity index (χ0v) is 9.81. The van der Waals surface area contributed by atoms with Crippen LogP contribution < -0.4 is 5.32 Å². The zero-order valence-electron chi connectivity index (χ0n) is 9.81. The average molecular weight is 221 g/mol. The predicted octanol–water partition coefficient (Wildman–Crippen LogP) is 1.68. The number of hydrogen-bond acceptors (Lipinski definition) is 2. The molecule has 0 heterocycles.